The SMILES string of the molecule is Oc1cccnc1/C=C/c1cc(Cl)cc(Cl)c1. The van der Waals surface area contributed by atoms with E-state index in [0.717, 1.165) is 5.56 Å². The van der Waals surface area contributed by atoms with Gasteiger partial charge >= 0.3 is 0 Å². The molecule has 0 radical (unpaired) electrons. The van der Waals surface area contributed by atoms with E-state index in [9.17, 15) is 5.11 Å². The molecule has 0 fully saturated rings. The number of halogens is 2. The fourth-order valence-corrected chi connectivity index (χ4v) is 1.93. The zero-order chi connectivity index (χ0) is 12.3. The van der Waals surface area contributed by atoms with Crippen LogP contribution < -0.4 is 0 Å². The molecule has 1 heterocycles. The molecule has 2 rings (SSSR count). The van der Waals surface area contributed by atoms with Gasteiger partial charge in [-0.05, 0) is 42.0 Å². The highest BCUT2D eigenvalue weighted by molar-refractivity contribution is 6.34. The molecule has 0 aliphatic carbocycles. The summed E-state index contributed by atoms with van der Waals surface area (Å²) in [5, 5.41) is 10.7. The van der Waals surface area contributed by atoms with Crippen molar-refractivity contribution >= 4 is 35.4 Å². The molecule has 4 heteroatoms. The average Bonchev–Trinajstić information content (AvgIpc) is 2.27. The summed E-state index contributed by atoms with van der Waals surface area (Å²) in [5.41, 5.74) is 1.36. The number of hydrogen-bond donors (Lipinski definition) is 1. The molecule has 17 heavy (non-hydrogen) atoms. The second-order valence-electron chi connectivity index (χ2n) is 3.44. The maximum Gasteiger partial charge on any atom is 0.141 e. The van der Waals surface area contributed by atoms with Crippen LogP contribution in [0.25, 0.3) is 12.2 Å². The Hall–Kier alpha value is -1.51. The molecule has 2 aromatic rings. The number of rotatable bonds is 2. The van der Waals surface area contributed by atoms with Crippen LogP contribution in [0.3, 0.4) is 0 Å². The van der Waals surface area contributed by atoms with E-state index in [2.05, 4.69) is 4.98 Å². The number of hydrogen-bond acceptors (Lipinski definition) is 2. The van der Waals surface area contributed by atoms with Crippen molar-refractivity contribution in [3.63, 3.8) is 0 Å². The minimum absolute atomic E-state index is 0.136. The molecule has 0 saturated carbocycles. The Morgan fingerprint density at radius 3 is 2.41 bits per heavy atom. The van der Waals surface area contributed by atoms with E-state index in [-0.39, 0.29) is 5.75 Å². The Balaban J connectivity index is 2.29. The minimum Gasteiger partial charge on any atom is -0.506 e. The average molecular weight is 266 g/mol. The Morgan fingerprint density at radius 2 is 1.76 bits per heavy atom. The minimum atomic E-state index is 0.136. The van der Waals surface area contributed by atoms with Crippen molar-refractivity contribution in [3.8, 4) is 5.75 Å². The lowest BCUT2D eigenvalue weighted by Gasteiger charge is -1.98. The molecule has 86 valence electrons. The van der Waals surface area contributed by atoms with E-state index in [0.29, 0.717) is 15.7 Å². The van der Waals surface area contributed by atoms with Gasteiger partial charge in [-0.3, -0.25) is 4.98 Å². The van der Waals surface area contributed by atoms with Gasteiger partial charge in [0.05, 0.1) is 0 Å². The number of nitrogens with zero attached hydrogens (tertiary/aromatic N) is 1. The van der Waals surface area contributed by atoms with Crippen LogP contribution in [-0.2, 0) is 0 Å². The summed E-state index contributed by atoms with van der Waals surface area (Å²) in [6.07, 6.45) is 5.11. The molecule has 0 amide bonds. The molecule has 0 spiro atoms. The van der Waals surface area contributed by atoms with Gasteiger partial charge < -0.3 is 5.11 Å². The molecule has 1 aromatic carbocycles. The first-order valence-electron chi connectivity index (χ1n) is 4.93. The number of aromatic nitrogens is 1. The summed E-state index contributed by atoms with van der Waals surface area (Å²) in [5.74, 6) is 0.136. The fourth-order valence-electron chi connectivity index (χ4n) is 1.38. The number of aromatic hydroxyl groups is 1. The molecule has 0 unspecified atom stereocenters. The first-order chi connectivity index (χ1) is 8.15. The molecule has 1 N–H and O–H groups in total. The smallest absolute Gasteiger partial charge is 0.141 e. The number of benzene rings is 1. The van der Waals surface area contributed by atoms with Gasteiger partial charge in [0.15, 0.2) is 0 Å². The van der Waals surface area contributed by atoms with E-state index < -0.39 is 0 Å². The van der Waals surface area contributed by atoms with Crippen LogP contribution in [0.4, 0.5) is 0 Å². The second-order valence-corrected chi connectivity index (χ2v) is 4.32. The fraction of sp³-hybridized carbons (Fsp3) is 0. The second kappa shape index (κ2) is 5.21. The lowest BCUT2D eigenvalue weighted by atomic mass is 10.2. The Bertz CT molecular complexity index is 547. The molecular formula is C13H9Cl2NO. The highest BCUT2D eigenvalue weighted by Gasteiger charge is 1.98. The summed E-state index contributed by atoms with van der Waals surface area (Å²) >= 11 is 11.8. The van der Waals surface area contributed by atoms with Gasteiger partial charge in [0, 0.05) is 16.2 Å². The maximum atomic E-state index is 9.53. The topological polar surface area (TPSA) is 33.1 Å². The van der Waals surface area contributed by atoms with E-state index >= 15 is 0 Å². The largest absolute Gasteiger partial charge is 0.506 e. The van der Waals surface area contributed by atoms with E-state index in [1.54, 1.807) is 48.7 Å². The third kappa shape index (κ3) is 3.22. The summed E-state index contributed by atoms with van der Waals surface area (Å²) in [4.78, 5) is 4.04. The Morgan fingerprint density at radius 1 is 1.06 bits per heavy atom. The van der Waals surface area contributed by atoms with Crippen LogP contribution in [0.5, 0.6) is 5.75 Å². The van der Waals surface area contributed by atoms with Gasteiger partial charge in [0.2, 0.25) is 0 Å². The summed E-state index contributed by atoms with van der Waals surface area (Å²) in [6.45, 7) is 0. The van der Waals surface area contributed by atoms with Gasteiger partial charge in [-0.2, -0.15) is 0 Å². The highest BCUT2D eigenvalue weighted by Crippen LogP contribution is 2.21. The van der Waals surface area contributed by atoms with Crippen molar-refractivity contribution < 1.29 is 5.11 Å². The number of pyridine rings is 1. The standard InChI is InChI=1S/C13H9Cl2NO/c14-10-6-9(7-11(15)8-10)3-4-12-13(17)2-1-5-16-12/h1-8,17H/b4-3+. The zero-order valence-corrected chi connectivity index (χ0v) is 10.3. The molecule has 0 atom stereocenters. The highest BCUT2D eigenvalue weighted by atomic mass is 35.5. The van der Waals surface area contributed by atoms with Crippen LogP contribution in [0.1, 0.15) is 11.3 Å². The van der Waals surface area contributed by atoms with Crippen molar-refractivity contribution in [2.75, 3.05) is 0 Å². The van der Waals surface area contributed by atoms with Gasteiger partial charge in [-0.15, -0.1) is 0 Å². The van der Waals surface area contributed by atoms with Crippen LogP contribution in [-0.4, -0.2) is 10.1 Å². The molecule has 0 aliphatic rings. The monoisotopic (exact) mass is 265 g/mol. The zero-order valence-electron chi connectivity index (χ0n) is 8.77. The quantitative estimate of drug-likeness (QED) is 0.880. The van der Waals surface area contributed by atoms with Crippen LogP contribution in [0, 0.1) is 0 Å². The lowest BCUT2D eigenvalue weighted by molar-refractivity contribution is 0.471. The predicted octanol–water partition coefficient (Wildman–Crippen LogP) is 4.26. The molecule has 2 nitrogen and oxygen atoms in total. The summed E-state index contributed by atoms with van der Waals surface area (Å²) < 4.78 is 0. The lowest BCUT2D eigenvalue weighted by Crippen LogP contribution is -1.80. The molecular weight excluding hydrogens is 257 g/mol. The van der Waals surface area contributed by atoms with Gasteiger partial charge in [0.25, 0.3) is 0 Å². The van der Waals surface area contributed by atoms with Gasteiger partial charge in [0.1, 0.15) is 11.4 Å². The van der Waals surface area contributed by atoms with Crippen molar-refractivity contribution in [1.29, 1.82) is 0 Å². The molecule has 0 aliphatic heterocycles. The first-order valence-corrected chi connectivity index (χ1v) is 5.69. The molecule has 1 aromatic heterocycles. The van der Waals surface area contributed by atoms with Crippen LogP contribution in [0.2, 0.25) is 10.0 Å². The van der Waals surface area contributed by atoms with Gasteiger partial charge in [-0.25, -0.2) is 0 Å². The van der Waals surface area contributed by atoms with Crippen molar-refractivity contribution in [1.82, 2.24) is 4.98 Å². The van der Waals surface area contributed by atoms with Crippen molar-refractivity contribution in [3.05, 3.63) is 57.8 Å². The van der Waals surface area contributed by atoms with Crippen LogP contribution >= 0.6 is 23.2 Å². The van der Waals surface area contributed by atoms with E-state index in [1.807, 2.05) is 0 Å². The first kappa shape index (κ1) is 12.0. The Kier molecular flexibility index (Phi) is 3.67. The van der Waals surface area contributed by atoms with Crippen molar-refractivity contribution in [2.24, 2.45) is 0 Å². The van der Waals surface area contributed by atoms with Crippen molar-refractivity contribution in [2.45, 2.75) is 0 Å². The maximum absolute atomic E-state index is 9.53. The summed E-state index contributed by atoms with van der Waals surface area (Å²) in [6, 6.07) is 8.48. The van der Waals surface area contributed by atoms with Gasteiger partial charge in [-0.1, -0.05) is 29.3 Å². The van der Waals surface area contributed by atoms with E-state index in [4.69, 9.17) is 23.2 Å². The van der Waals surface area contributed by atoms with E-state index in [1.165, 1.54) is 0 Å². The Labute approximate surface area is 109 Å². The summed E-state index contributed by atoms with van der Waals surface area (Å²) in [7, 11) is 0. The molecule has 0 saturated heterocycles. The third-order valence-corrected chi connectivity index (χ3v) is 2.57. The normalized spacial score (nSPS) is 10.9. The predicted molar refractivity (Wildman–Crippen MR) is 71.3 cm³/mol. The molecule has 0 bridgehead atoms. The van der Waals surface area contributed by atoms with Crippen LogP contribution in [0.15, 0.2) is 36.5 Å². The third-order valence-electron chi connectivity index (χ3n) is 2.13.